The van der Waals surface area contributed by atoms with Gasteiger partial charge < -0.3 is 4.74 Å². The van der Waals surface area contributed by atoms with E-state index >= 15 is 0 Å². The molecule has 1 amide bonds. The first kappa shape index (κ1) is 13.8. The number of hydrogen-bond donors (Lipinski definition) is 0. The summed E-state index contributed by atoms with van der Waals surface area (Å²) in [5.41, 5.74) is 0.975. The Bertz CT molecular complexity index is 718. The molecule has 0 saturated carbocycles. The summed E-state index contributed by atoms with van der Waals surface area (Å²) >= 11 is 0. The highest BCUT2D eigenvalue weighted by Crippen LogP contribution is 2.30. The molecule has 2 atom stereocenters. The average molecular weight is 308 g/mol. The maximum atomic E-state index is 12.4. The minimum atomic E-state index is -0.448. The Labute approximate surface area is 134 Å². The number of fused-ring (bicyclic) bond motifs is 2. The Morgan fingerprint density at radius 2 is 1.70 bits per heavy atom. The molecule has 2 unspecified atom stereocenters. The van der Waals surface area contributed by atoms with Gasteiger partial charge >= 0.3 is 6.09 Å². The first-order valence-electron chi connectivity index (χ1n) is 7.54. The maximum Gasteiger partial charge on any atom is 0.417 e. The van der Waals surface area contributed by atoms with Gasteiger partial charge in [-0.3, -0.25) is 4.90 Å². The van der Waals surface area contributed by atoms with Crippen LogP contribution in [-0.2, 0) is 4.84 Å². The molecule has 5 heteroatoms. The number of hydroxylamine groups is 1. The van der Waals surface area contributed by atoms with Crippen LogP contribution in [-0.4, -0.2) is 29.8 Å². The molecule has 5 rings (SSSR count). The number of benzene rings is 2. The van der Waals surface area contributed by atoms with Crippen molar-refractivity contribution in [2.24, 2.45) is 0 Å². The molecule has 0 aliphatic carbocycles. The predicted octanol–water partition coefficient (Wildman–Crippen LogP) is 3.20. The van der Waals surface area contributed by atoms with Gasteiger partial charge in [0.2, 0.25) is 0 Å². The van der Waals surface area contributed by atoms with Crippen LogP contribution < -0.4 is 9.80 Å². The SMILES string of the molecule is O=C(Oc1ccccc1)N1CC2C=CC1ON2c1ccccc1. The average Bonchev–Trinajstić information content (AvgIpc) is 2.63. The molecular weight excluding hydrogens is 292 g/mol. The Morgan fingerprint density at radius 3 is 2.35 bits per heavy atom. The summed E-state index contributed by atoms with van der Waals surface area (Å²) in [5, 5.41) is 1.84. The first-order chi connectivity index (χ1) is 11.3. The van der Waals surface area contributed by atoms with Crippen molar-refractivity contribution in [2.45, 2.75) is 12.3 Å². The van der Waals surface area contributed by atoms with Gasteiger partial charge in [-0.25, -0.2) is 14.7 Å². The van der Waals surface area contributed by atoms with Gasteiger partial charge in [0.1, 0.15) is 5.75 Å². The largest absolute Gasteiger partial charge is 0.417 e. The molecule has 3 aliphatic heterocycles. The van der Waals surface area contributed by atoms with Gasteiger partial charge in [-0.05, 0) is 30.3 Å². The van der Waals surface area contributed by atoms with Crippen LogP contribution in [0, 0.1) is 0 Å². The second-order valence-corrected chi connectivity index (χ2v) is 5.44. The molecule has 116 valence electrons. The highest BCUT2D eigenvalue weighted by molar-refractivity contribution is 5.72. The number of para-hydroxylation sites is 2. The number of carbonyl (C=O) groups excluding carboxylic acids is 1. The van der Waals surface area contributed by atoms with E-state index in [1.165, 1.54) is 0 Å². The number of ether oxygens (including phenoxy) is 1. The van der Waals surface area contributed by atoms with Gasteiger partial charge in [0.05, 0.1) is 18.3 Å². The fourth-order valence-electron chi connectivity index (χ4n) is 2.79. The molecule has 0 N–H and O–H groups in total. The van der Waals surface area contributed by atoms with Gasteiger partial charge in [0.25, 0.3) is 0 Å². The lowest BCUT2D eigenvalue weighted by atomic mass is 10.1. The van der Waals surface area contributed by atoms with Crippen LogP contribution >= 0.6 is 0 Å². The van der Waals surface area contributed by atoms with Crippen molar-refractivity contribution in [1.82, 2.24) is 4.90 Å². The predicted molar refractivity (Wildman–Crippen MR) is 85.9 cm³/mol. The van der Waals surface area contributed by atoms with Crippen LogP contribution in [0.3, 0.4) is 0 Å². The van der Waals surface area contributed by atoms with E-state index < -0.39 is 12.3 Å². The summed E-state index contributed by atoms with van der Waals surface area (Å²) in [4.78, 5) is 19.9. The summed E-state index contributed by atoms with van der Waals surface area (Å²) in [6.45, 7) is 0.529. The van der Waals surface area contributed by atoms with Gasteiger partial charge in [-0.15, -0.1) is 0 Å². The minimum Gasteiger partial charge on any atom is -0.410 e. The van der Waals surface area contributed by atoms with E-state index in [0.29, 0.717) is 12.3 Å². The van der Waals surface area contributed by atoms with Crippen molar-refractivity contribution in [1.29, 1.82) is 0 Å². The Balaban J connectivity index is 1.48. The molecule has 2 aromatic carbocycles. The fourth-order valence-corrected chi connectivity index (χ4v) is 2.79. The highest BCUT2D eigenvalue weighted by atomic mass is 16.7. The molecule has 2 aromatic rings. The quantitative estimate of drug-likeness (QED) is 0.799. The number of amides is 1. The van der Waals surface area contributed by atoms with E-state index in [4.69, 9.17) is 9.57 Å². The van der Waals surface area contributed by atoms with Crippen molar-refractivity contribution in [2.75, 3.05) is 11.6 Å². The number of carbonyl (C=O) groups is 1. The zero-order valence-electron chi connectivity index (χ0n) is 12.4. The van der Waals surface area contributed by atoms with Crippen molar-refractivity contribution >= 4 is 11.8 Å². The minimum absolute atomic E-state index is 0.0225. The second kappa shape index (κ2) is 5.78. The van der Waals surface area contributed by atoms with Crippen LogP contribution in [0.15, 0.2) is 72.8 Å². The number of hydrogen-bond acceptors (Lipinski definition) is 4. The van der Waals surface area contributed by atoms with Gasteiger partial charge in [-0.1, -0.05) is 42.5 Å². The zero-order chi connectivity index (χ0) is 15.6. The molecule has 1 fully saturated rings. The van der Waals surface area contributed by atoms with Crippen molar-refractivity contribution in [3.05, 3.63) is 72.8 Å². The summed E-state index contributed by atoms with van der Waals surface area (Å²) < 4.78 is 5.40. The number of anilines is 1. The maximum absolute atomic E-state index is 12.4. The van der Waals surface area contributed by atoms with Gasteiger partial charge in [-0.2, -0.15) is 0 Å². The molecule has 0 aromatic heterocycles. The second-order valence-electron chi connectivity index (χ2n) is 5.44. The number of nitrogens with zero attached hydrogens (tertiary/aromatic N) is 2. The van der Waals surface area contributed by atoms with E-state index in [-0.39, 0.29) is 6.04 Å². The molecule has 23 heavy (non-hydrogen) atoms. The molecule has 0 spiro atoms. The number of rotatable bonds is 2. The van der Waals surface area contributed by atoms with E-state index in [1.54, 1.807) is 17.0 Å². The fraction of sp³-hybridized carbons (Fsp3) is 0.167. The third-order valence-corrected chi connectivity index (χ3v) is 3.91. The van der Waals surface area contributed by atoms with Crippen molar-refractivity contribution in [3.63, 3.8) is 0 Å². The molecule has 3 aliphatic rings. The van der Waals surface area contributed by atoms with Crippen molar-refractivity contribution < 1.29 is 14.4 Å². The smallest absolute Gasteiger partial charge is 0.410 e. The Morgan fingerprint density at radius 1 is 1.00 bits per heavy atom. The normalized spacial score (nSPS) is 22.3. The van der Waals surface area contributed by atoms with E-state index in [9.17, 15) is 4.79 Å². The van der Waals surface area contributed by atoms with Crippen LogP contribution in [0.4, 0.5) is 10.5 Å². The first-order valence-corrected chi connectivity index (χ1v) is 7.54. The van der Waals surface area contributed by atoms with E-state index in [0.717, 1.165) is 5.69 Å². The third kappa shape index (κ3) is 2.66. The standard InChI is InChI=1S/C18H16N2O3/c21-18(22-16-9-5-2-6-10-16)19-13-15-11-12-17(19)23-20(15)14-7-3-1-4-8-14/h1-12,15,17H,13H2. The van der Waals surface area contributed by atoms with Crippen LogP contribution in [0.25, 0.3) is 0 Å². The van der Waals surface area contributed by atoms with Crippen LogP contribution in [0.1, 0.15) is 0 Å². The highest BCUT2D eigenvalue weighted by Gasteiger charge is 2.40. The molecular formula is C18H16N2O3. The van der Waals surface area contributed by atoms with Crippen molar-refractivity contribution in [3.8, 4) is 5.75 Å². The summed E-state index contributed by atoms with van der Waals surface area (Å²) in [7, 11) is 0. The van der Waals surface area contributed by atoms with Gasteiger partial charge in [0.15, 0.2) is 6.23 Å². The van der Waals surface area contributed by atoms with E-state index in [2.05, 4.69) is 6.08 Å². The summed E-state index contributed by atoms with van der Waals surface area (Å²) in [6.07, 6.45) is 3.10. The molecule has 5 nitrogen and oxygen atoms in total. The third-order valence-electron chi connectivity index (χ3n) is 3.91. The molecule has 2 bridgehead atoms. The lowest BCUT2D eigenvalue weighted by Gasteiger charge is -2.46. The summed E-state index contributed by atoms with van der Waals surface area (Å²) in [6, 6.07) is 18.9. The molecule has 0 radical (unpaired) electrons. The van der Waals surface area contributed by atoms with Crippen LogP contribution in [0.5, 0.6) is 5.75 Å². The summed E-state index contributed by atoms with van der Waals surface area (Å²) in [5.74, 6) is 0.530. The lowest BCUT2D eigenvalue weighted by Crippen LogP contribution is -2.61. The van der Waals surface area contributed by atoms with Crippen LogP contribution in [0.2, 0.25) is 0 Å². The molecule has 3 heterocycles. The topological polar surface area (TPSA) is 42.0 Å². The lowest BCUT2D eigenvalue weighted by molar-refractivity contribution is -0.0818. The van der Waals surface area contributed by atoms with Gasteiger partial charge in [0, 0.05) is 0 Å². The van der Waals surface area contributed by atoms with E-state index in [1.807, 2.05) is 59.7 Å². The Hall–Kier alpha value is -2.79. The molecule has 1 saturated heterocycles. The zero-order valence-corrected chi connectivity index (χ0v) is 12.4. The Kier molecular flexibility index (Phi) is 3.48. The monoisotopic (exact) mass is 308 g/mol.